The molecule has 0 atom stereocenters. The average Bonchev–Trinajstić information content (AvgIpc) is 3.27. The van der Waals surface area contributed by atoms with Gasteiger partial charge in [0, 0.05) is 23.7 Å². The van der Waals surface area contributed by atoms with Crippen molar-refractivity contribution in [1.29, 1.82) is 0 Å². The van der Waals surface area contributed by atoms with Crippen molar-refractivity contribution in [3.05, 3.63) is 88.7 Å². The zero-order valence-electron chi connectivity index (χ0n) is 17.3. The molecule has 0 bridgehead atoms. The number of carbonyl (C=O) groups is 1. The fourth-order valence-corrected chi connectivity index (χ4v) is 4.77. The first kappa shape index (κ1) is 23.0. The number of nitrogens with one attached hydrogen (secondary N) is 1. The highest BCUT2D eigenvalue weighted by atomic mass is 35.5. The van der Waals surface area contributed by atoms with E-state index >= 15 is 0 Å². The molecule has 0 unspecified atom stereocenters. The molecule has 1 heterocycles. The lowest BCUT2D eigenvalue weighted by molar-refractivity contribution is -0.121. The van der Waals surface area contributed by atoms with E-state index in [0.717, 1.165) is 9.87 Å². The fraction of sp³-hybridized carbons (Fsp3) is 0.174. The minimum Gasteiger partial charge on any atom is -0.454 e. The molecule has 1 N–H and O–H groups in total. The van der Waals surface area contributed by atoms with Crippen molar-refractivity contribution >= 4 is 27.5 Å². The van der Waals surface area contributed by atoms with Crippen LogP contribution in [0.4, 0.5) is 4.39 Å². The van der Waals surface area contributed by atoms with Gasteiger partial charge in [-0.05, 0) is 48.0 Å². The third-order valence-electron chi connectivity index (χ3n) is 5.00. The lowest BCUT2D eigenvalue weighted by Gasteiger charge is -2.22. The number of fused-ring (bicyclic) bond motifs is 1. The summed E-state index contributed by atoms with van der Waals surface area (Å²) < 4.78 is 52.3. The van der Waals surface area contributed by atoms with Crippen molar-refractivity contribution in [2.75, 3.05) is 13.3 Å². The van der Waals surface area contributed by atoms with E-state index in [1.165, 1.54) is 42.5 Å². The van der Waals surface area contributed by atoms with Gasteiger partial charge in [0.15, 0.2) is 11.5 Å². The largest absolute Gasteiger partial charge is 0.454 e. The highest BCUT2D eigenvalue weighted by molar-refractivity contribution is 7.89. The maximum absolute atomic E-state index is 14.2. The molecule has 0 spiro atoms. The van der Waals surface area contributed by atoms with E-state index in [1.54, 1.807) is 24.3 Å². The van der Waals surface area contributed by atoms with Gasteiger partial charge in [-0.2, -0.15) is 4.31 Å². The fourth-order valence-electron chi connectivity index (χ4n) is 3.27. The van der Waals surface area contributed by atoms with Crippen LogP contribution in [0.25, 0.3) is 0 Å². The van der Waals surface area contributed by atoms with Crippen LogP contribution in [-0.2, 0) is 27.9 Å². The topological polar surface area (TPSA) is 84.9 Å². The number of hydrogen-bond donors (Lipinski definition) is 1. The number of nitrogens with zero attached hydrogens (tertiary/aromatic N) is 1. The number of carbonyl (C=O) groups excluding carboxylic acids is 1. The van der Waals surface area contributed by atoms with E-state index in [1.807, 2.05) is 0 Å². The zero-order chi connectivity index (χ0) is 23.4. The maximum Gasteiger partial charge on any atom is 0.243 e. The standard InChI is InChI=1S/C23H20ClFN2O5S/c24-18-6-8-19(9-7-18)33(29,30)27(13-17-3-1-2-4-20(17)25)14-23(28)26-12-16-5-10-21-22(11-16)32-15-31-21/h1-11H,12-15H2,(H,26,28). The molecule has 3 aromatic rings. The van der Waals surface area contributed by atoms with E-state index in [9.17, 15) is 17.6 Å². The minimum atomic E-state index is -4.11. The predicted molar refractivity (Wildman–Crippen MR) is 120 cm³/mol. The Morgan fingerprint density at radius 3 is 2.52 bits per heavy atom. The van der Waals surface area contributed by atoms with Crippen LogP contribution in [0.3, 0.4) is 0 Å². The summed E-state index contributed by atoms with van der Waals surface area (Å²) in [6.45, 7) is -0.512. The molecule has 0 saturated carbocycles. The Morgan fingerprint density at radius 1 is 1.03 bits per heavy atom. The lowest BCUT2D eigenvalue weighted by atomic mass is 10.2. The first-order valence-electron chi connectivity index (χ1n) is 9.97. The van der Waals surface area contributed by atoms with Crippen molar-refractivity contribution < 1.29 is 27.1 Å². The molecule has 33 heavy (non-hydrogen) atoms. The molecule has 0 saturated heterocycles. The summed E-state index contributed by atoms with van der Waals surface area (Å²) in [5, 5.41) is 3.07. The smallest absolute Gasteiger partial charge is 0.243 e. The molecule has 0 fully saturated rings. The summed E-state index contributed by atoms with van der Waals surface area (Å²) in [4.78, 5) is 12.6. The van der Waals surface area contributed by atoms with Crippen molar-refractivity contribution in [2.24, 2.45) is 0 Å². The van der Waals surface area contributed by atoms with Crippen LogP contribution in [0, 0.1) is 5.82 Å². The van der Waals surface area contributed by atoms with Crippen molar-refractivity contribution in [3.8, 4) is 11.5 Å². The van der Waals surface area contributed by atoms with E-state index in [2.05, 4.69) is 5.32 Å². The molecule has 7 nitrogen and oxygen atoms in total. The molecule has 3 aromatic carbocycles. The summed E-state index contributed by atoms with van der Waals surface area (Å²) in [7, 11) is -4.11. The van der Waals surface area contributed by atoms with Gasteiger partial charge in [-0.1, -0.05) is 35.9 Å². The van der Waals surface area contributed by atoms with Crippen LogP contribution in [-0.4, -0.2) is 32.0 Å². The van der Waals surface area contributed by atoms with Gasteiger partial charge in [0.05, 0.1) is 11.4 Å². The predicted octanol–water partition coefficient (Wildman–Crippen LogP) is 3.72. The van der Waals surface area contributed by atoms with E-state index in [-0.39, 0.29) is 30.3 Å². The number of hydrogen-bond acceptors (Lipinski definition) is 5. The van der Waals surface area contributed by atoms with Crippen LogP contribution in [0.2, 0.25) is 5.02 Å². The third kappa shape index (κ3) is 5.44. The normalized spacial score (nSPS) is 12.7. The Kier molecular flexibility index (Phi) is 6.83. The second-order valence-electron chi connectivity index (χ2n) is 7.28. The number of sulfonamides is 1. The molecular formula is C23H20ClFN2O5S. The third-order valence-corrected chi connectivity index (χ3v) is 7.06. The number of halogens is 2. The molecule has 172 valence electrons. The lowest BCUT2D eigenvalue weighted by Crippen LogP contribution is -2.40. The zero-order valence-corrected chi connectivity index (χ0v) is 18.9. The van der Waals surface area contributed by atoms with Gasteiger partial charge >= 0.3 is 0 Å². The molecule has 10 heteroatoms. The van der Waals surface area contributed by atoms with Crippen LogP contribution in [0.1, 0.15) is 11.1 Å². The Hall–Kier alpha value is -3.14. The maximum atomic E-state index is 14.2. The Labute approximate surface area is 195 Å². The van der Waals surface area contributed by atoms with Crippen LogP contribution < -0.4 is 14.8 Å². The van der Waals surface area contributed by atoms with Gasteiger partial charge in [-0.3, -0.25) is 4.79 Å². The summed E-state index contributed by atoms with van der Waals surface area (Å²) in [5.41, 5.74) is 0.910. The highest BCUT2D eigenvalue weighted by Gasteiger charge is 2.28. The average molecular weight is 491 g/mol. The van der Waals surface area contributed by atoms with Crippen LogP contribution in [0.15, 0.2) is 71.6 Å². The van der Waals surface area contributed by atoms with Gasteiger partial charge in [0.25, 0.3) is 0 Å². The highest BCUT2D eigenvalue weighted by Crippen LogP contribution is 2.32. The Balaban J connectivity index is 1.51. The monoisotopic (exact) mass is 490 g/mol. The second kappa shape index (κ2) is 9.78. The molecule has 4 rings (SSSR count). The first-order chi connectivity index (χ1) is 15.8. The van der Waals surface area contributed by atoms with Crippen molar-refractivity contribution in [3.63, 3.8) is 0 Å². The quantitative estimate of drug-likeness (QED) is 0.520. The molecule has 1 aliphatic rings. The Bertz CT molecular complexity index is 1270. The SMILES string of the molecule is O=C(CN(Cc1ccccc1F)S(=O)(=O)c1ccc(Cl)cc1)NCc1ccc2c(c1)OCO2. The van der Waals surface area contributed by atoms with Gasteiger partial charge in [0.1, 0.15) is 5.82 Å². The number of ether oxygens (including phenoxy) is 2. The molecular weight excluding hydrogens is 471 g/mol. The minimum absolute atomic E-state index is 0.0492. The molecule has 1 amide bonds. The number of benzene rings is 3. The van der Waals surface area contributed by atoms with Crippen molar-refractivity contribution in [2.45, 2.75) is 18.0 Å². The summed E-state index contributed by atoms with van der Waals surface area (Å²) >= 11 is 5.87. The van der Waals surface area contributed by atoms with Gasteiger partial charge < -0.3 is 14.8 Å². The summed E-state index contributed by atoms with van der Waals surface area (Å²) in [6.07, 6.45) is 0. The van der Waals surface area contributed by atoms with Crippen molar-refractivity contribution in [1.82, 2.24) is 9.62 Å². The molecule has 0 aliphatic carbocycles. The van der Waals surface area contributed by atoms with Gasteiger partial charge in [-0.25, -0.2) is 12.8 Å². The van der Waals surface area contributed by atoms with Crippen LogP contribution in [0.5, 0.6) is 11.5 Å². The molecule has 1 aliphatic heterocycles. The van der Waals surface area contributed by atoms with E-state index in [4.69, 9.17) is 21.1 Å². The van der Waals surface area contributed by atoms with Gasteiger partial charge in [-0.15, -0.1) is 0 Å². The number of amides is 1. The first-order valence-corrected chi connectivity index (χ1v) is 11.8. The second-order valence-corrected chi connectivity index (χ2v) is 9.66. The molecule has 0 aromatic heterocycles. The van der Waals surface area contributed by atoms with E-state index in [0.29, 0.717) is 16.5 Å². The summed E-state index contributed by atoms with van der Waals surface area (Å²) in [5.74, 6) is 0.0968. The Morgan fingerprint density at radius 2 is 1.76 bits per heavy atom. The van der Waals surface area contributed by atoms with Gasteiger partial charge in [0.2, 0.25) is 22.7 Å². The summed E-state index contributed by atoms with van der Waals surface area (Å²) in [6, 6.07) is 16.6. The number of rotatable bonds is 8. The van der Waals surface area contributed by atoms with Crippen LogP contribution >= 0.6 is 11.6 Å². The molecule has 0 radical (unpaired) electrons. The van der Waals surface area contributed by atoms with E-state index < -0.39 is 28.3 Å².